The molecule has 0 bridgehead atoms. The van der Waals surface area contributed by atoms with Crippen molar-refractivity contribution in [1.29, 1.82) is 0 Å². The molecule has 3 heteroatoms. The Labute approximate surface area is 41.2 Å². The summed E-state index contributed by atoms with van der Waals surface area (Å²) in [5.74, 6) is 0.604. The summed E-state index contributed by atoms with van der Waals surface area (Å²) in [6, 6.07) is 0. The second-order valence-electron chi connectivity index (χ2n) is 1.29. The van der Waals surface area contributed by atoms with Crippen molar-refractivity contribution in [3.63, 3.8) is 0 Å². The molecule has 40 valence electrons. The van der Waals surface area contributed by atoms with E-state index in [-0.39, 0.29) is 0 Å². The molecule has 1 rings (SSSR count). The SMILES string of the molecule is CC1=COC(O)O1. The summed E-state index contributed by atoms with van der Waals surface area (Å²) in [6.45, 7) is 0.635. The highest BCUT2D eigenvalue weighted by atomic mass is 16.8. The van der Waals surface area contributed by atoms with E-state index in [0.717, 1.165) is 0 Å². The van der Waals surface area contributed by atoms with Gasteiger partial charge in [0.2, 0.25) is 0 Å². The molecule has 1 unspecified atom stereocenters. The van der Waals surface area contributed by atoms with E-state index in [1.54, 1.807) is 6.92 Å². The van der Waals surface area contributed by atoms with Crippen molar-refractivity contribution >= 4 is 0 Å². The summed E-state index contributed by atoms with van der Waals surface area (Å²) in [6.07, 6.45) is 1.37. The Morgan fingerprint density at radius 2 is 2.57 bits per heavy atom. The van der Waals surface area contributed by atoms with Gasteiger partial charge in [0.15, 0.2) is 0 Å². The van der Waals surface area contributed by atoms with Gasteiger partial charge >= 0.3 is 6.48 Å². The molecule has 0 radical (unpaired) electrons. The smallest absolute Gasteiger partial charge is 0.357 e. The van der Waals surface area contributed by atoms with Gasteiger partial charge < -0.3 is 14.6 Å². The van der Waals surface area contributed by atoms with E-state index in [0.29, 0.717) is 5.76 Å². The molecule has 0 fully saturated rings. The molecule has 1 aliphatic rings. The predicted molar refractivity (Wildman–Crippen MR) is 21.9 cm³/mol. The van der Waals surface area contributed by atoms with E-state index in [4.69, 9.17) is 5.11 Å². The van der Waals surface area contributed by atoms with Crippen LogP contribution in [-0.2, 0) is 9.47 Å². The topological polar surface area (TPSA) is 38.7 Å². The molecule has 1 atom stereocenters. The summed E-state index contributed by atoms with van der Waals surface area (Å²) in [5.41, 5.74) is 0. The summed E-state index contributed by atoms with van der Waals surface area (Å²) in [4.78, 5) is 0. The lowest BCUT2D eigenvalue weighted by molar-refractivity contribution is -0.187. The van der Waals surface area contributed by atoms with Crippen LogP contribution in [0.1, 0.15) is 6.92 Å². The predicted octanol–water partition coefficient (Wildman–Crippen LogP) is 0.170. The van der Waals surface area contributed by atoms with E-state index in [1.807, 2.05) is 0 Å². The first-order valence-electron chi connectivity index (χ1n) is 1.96. The van der Waals surface area contributed by atoms with Crippen molar-refractivity contribution in [2.24, 2.45) is 0 Å². The van der Waals surface area contributed by atoms with Crippen LogP contribution in [0.5, 0.6) is 0 Å². The first kappa shape index (κ1) is 4.46. The lowest BCUT2D eigenvalue weighted by Crippen LogP contribution is -2.04. The standard InChI is InChI=1S/C4H6O3/c1-3-2-6-4(5)7-3/h2,4-5H,1H3. The molecule has 0 aliphatic carbocycles. The Kier molecular flexibility index (Phi) is 0.906. The molecule has 0 saturated carbocycles. The fourth-order valence-electron chi connectivity index (χ4n) is 0.369. The van der Waals surface area contributed by atoms with Crippen molar-refractivity contribution in [2.45, 2.75) is 13.4 Å². The molecule has 0 aromatic carbocycles. The minimum atomic E-state index is -1.07. The second-order valence-corrected chi connectivity index (χ2v) is 1.29. The van der Waals surface area contributed by atoms with Crippen LogP contribution in [0, 0.1) is 0 Å². The van der Waals surface area contributed by atoms with Gasteiger partial charge in [0.1, 0.15) is 12.0 Å². The van der Waals surface area contributed by atoms with Crippen LogP contribution in [0.4, 0.5) is 0 Å². The molecule has 1 N–H and O–H groups in total. The molecule has 0 aromatic rings. The number of ether oxygens (including phenoxy) is 2. The van der Waals surface area contributed by atoms with Crippen LogP contribution in [0.2, 0.25) is 0 Å². The highest BCUT2D eigenvalue weighted by molar-refractivity contribution is 4.84. The molecule has 7 heavy (non-hydrogen) atoms. The van der Waals surface area contributed by atoms with Crippen LogP contribution < -0.4 is 0 Å². The van der Waals surface area contributed by atoms with Crippen molar-refractivity contribution in [3.8, 4) is 0 Å². The first-order valence-corrected chi connectivity index (χ1v) is 1.96. The van der Waals surface area contributed by atoms with E-state index in [2.05, 4.69) is 9.47 Å². The maximum Gasteiger partial charge on any atom is 0.357 e. The molecule has 1 aliphatic heterocycles. The van der Waals surface area contributed by atoms with E-state index in [9.17, 15) is 0 Å². The Hall–Kier alpha value is -0.700. The molecule has 1 heterocycles. The number of aliphatic hydroxyl groups excluding tert-OH is 1. The van der Waals surface area contributed by atoms with Crippen LogP contribution >= 0.6 is 0 Å². The van der Waals surface area contributed by atoms with Gasteiger partial charge in [-0.2, -0.15) is 0 Å². The Morgan fingerprint density at radius 1 is 1.86 bits per heavy atom. The second kappa shape index (κ2) is 1.42. The number of hydrogen-bond acceptors (Lipinski definition) is 3. The van der Waals surface area contributed by atoms with Crippen LogP contribution in [0.3, 0.4) is 0 Å². The van der Waals surface area contributed by atoms with Gasteiger partial charge in [-0.15, -0.1) is 0 Å². The van der Waals surface area contributed by atoms with Crippen LogP contribution in [-0.4, -0.2) is 11.6 Å². The van der Waals surface area contributed by atoms with Gasteiger partial charge in [-0.05, 0) is 6.92 Å². The van der Waals surface area contributed by atoms with Crippen LogP contribution in [0.15, 0.2) is 12.0 Å². The highest BCUT2D eigenvalue weighted by Gasteiger charge is 2.10. The lowest BCUT2D eigenvalue weighted by Gasteiger charge is -1.99. The number of rotatable bonds is 0. The fourth-order valence-corrected chi connectivity index (χ4v) is 0.369. The molecule has 0 aromatic heterocycles. The lowest BCUT2D eigenvalue weighted by atomic mass is 10.7. The van der Waals surface area contributed by atoms with Gasteiger partial charge in [0, 0.05) is 0 Å². The van der Waals surface area contributed by atoms with Crippen molar-refractivity contribution in [2.75, 3.05) is 0 Å². The summed E-state index contributed by atoms with van der Waals surface area (Å²) >= 11 is 0. The number of aliphatic hydroxyl groups is 1. The van der Waals surface area contributed by atoms with Gasteiger partial charge in [-0.3, -0.25) is 0 Å². The first-order chi connectivity index (χ1) is 3.29. The fraction of sp³-hybridized carbons (Fsp3) is 0.500. The summed E-state index contributed by atoms with van der Waals surface area (Å²) < 4.78 is 8.99. The highest BCUT2D eigenvalue weighted by Crippen LogP contribution is 2.09. The van der Waals surface area contributed by atoms with Gasteiger partial charge in [-0.1, -0.05) is 0 Å². The maximum absolute atomic E-state index is 8.40. The number of allylic oxidation sites excluding steroid dienone is 1. The largest absolute Gasteiger partial charge is 0.437 e. The summed E-state index contributed by atoms with van der Waals surface area (Å²) in [5, 5.41) is 8.40. The quantitative estimate of drug-likeness (QED) is 0.474. The van der Waals surface area contributed by atoms with Gasteiger partial charge in [0.25, 0.3) is 0 Å². The third-order valence-electron chi connectivity index (χ3n) is 0.637. The zero-order chi connectivity index (χ0) is 5.28. The van der Waals surface area contributed by atoms with Crippen molar-refractivity contribution in [1.82, 2.24) is 0 Å². The minimum Gasteiger partial charge on any atom is -0.437 e. The van der Waals surface area contributed by atoms with Crippen molar-refractivity contribution < 1.29 is 14.6 Å². The average molecular weight is 102 g/mol. The minimum absolute atomic E-state index is 0.604. The third kappa shape index (κ3) is 0.838. The molecular weight excluding hydrogens is 96.0 g/mol. The van der Waals surface area contributed by atoms with Gasteiger partial charge in [0.05, 0.1) is 0 Å². The average Bonchev–Trinajstić information content (AvgIpc) is 1.87. The summed E-state index contributed by atoms with van der Waals surface area (Å²) in [7, 11) is 0. The Morgan fingerprint density at radius 3 is 2.71 bits per heavy atom. The molecule has 0 amide bonds. The van der Waals surface area contributed by atoms with E-state index < -0.39 is 6.48 Å². The Balaban J connectivity index is 2.42. The monoisotopic (exact) mass is 102 g/mol. The number of hydrogen-bond donors (Lipinski definition) is 1. The van der Waals surface area contributed by atoms with Gasteiger partial charge in [-0.25, -0.2) is 0 Å². The molecule has 0 spiro atoms. The zero-order valence-electron chi connectivity index (χ0n) is 3.92. The molecular formula is C4H6O3. The Bertz CT molecular complexity index is 97.1. The maximum atomic E-state index is 8.40. The van der Waals surface area contributed by atoms with E-state index in [1.165, 1.54) is 6.26 Å². The molecule has 0 saturated heterocycles. The van der Waals surface area contributed by atoms with Crippen molar-refractivity contribution in [3.05, 3.63) is 12.0 Å². The van der Waals surface area contributed by atoms with E-state index >= 15 is 0 Å². The third-order valence-corrected chi connectivity index (χ3v) is 0.637. The molecule has 3 nitrogen and oxygen atoms in total. The normalized spacial score (nSPS) is 28.3. The zero-order valence-corrected chi connectivity index (χ0v) is 3.92. The van der Waals surface area contributed by atoms with Crippen LogP contribution in [0.25, 0.3) is 0 Å².